The molecule has 0 fully saturated rings. The van der Waals surface area contributed by atoms with Gasteiger partial charge in [-0.1, -0.05) is 62.0 Å². The number of benzene rings is 2. The van der Waals surface area contributed by atoms with Crippen molar-refractivity contribution >= 4 is 29.3 Å². The molecule has 0 aliphatic carbocycles. The molecular formula is C30H39Cl2N3O3. The average Bonchev–Trinajstić information content (AvgIpc) is 3.26. The van der Waals surface area contributed by atoms with Crippen molar-refractivity contribution in [1.29, 1.82) is 0 Å². The van der Waals surface area contributed by atoms with Gasteiger partial charge in [-0.15, -0.1) is 0 Å². The van der Waals surface area contributed by atoms with Gasteiger partial charge in [0.05, 0.1) is 23.4 Å². The molecule has 1 aromatic heterocycles. The van der Waals surface area contributed by atoms with Gasteiger partial charge in [-0.05, 0) is 69.5 Å². The van der Waals surface area contributed by atoms with E-state index in [1.54, 1.807) is 12.1 Å². The minimum absolute atomic E-state index is 0.423. The summed E-state index contributed by atoms with van der Waals surface area (Å²) in [4.78, 5) is 17.9. The zero-order valence-corrected chi connectivity index (χ0v) is 24.5. The number of hydrogen-bond acceptors (Lipinski definition) is 4. The number of hydrogen-bond donors (Lipinski definition) is 1. The molecule has 3 rings (SSSR count). The van der Waals surface area contributed by atoms with Gasteiger partial charge in [0.25, 0.3) is 0 Å². The minimum Gasteiger partial charge on any atom is -0.494 e. The molecule has 8 heteroatoms. The van der Waals surface area contributed by atoms with Gasteiger partial charge < -0.3 is 19.4 Å². The maximum Gasteiger partial charge on any atom is 0.408 e. The second-order valence-electron chi connectivity index (χ2n) is 10.4. The van der Waals surface area contributed by atoms with Crippen LogP contribution in [0.5, 0.6) is 5.75 Å². The smallest absolute Gasteiger partial charge is 0.408 e. The van der Waals surface area contributed by atoms with Gasteiger partial charge in [-0.3, -0.25) is 0 Å². The maximum atomic E-state index is 12.9. The second kappa shape index (κ2) is 13.9. The number of carbonyl (C=O) groups is 1. The molecule has 38 heavy (non-hydrogen) atoms. The Labute approximate surface area is 236 Å². The molecule has 1 atom stereocenters. The molecule has 0 aliphatic rings. The molecule has 2 aromatic carbocycles. The van der Waals surface area contributed by atoms with Crippen molar-refractivity contribution in [3.8, 4) is 17.0 Å². The number of aromatic nitrogens is 2. The lowest BCUT2D eigenvalue weighted by atomic mass is 10.0. The third-order valence-electron chi connectivity index (χ3n) is 5.90. The Morgan fingerprint density at radius 3 is 2.39 bits per heavy atom. The van der Waals surface area contributed by atoms with Gasteiger partial charge in [-0.25, -0.2) is 9.78 Å². The van der Waals surface area contributed by atoms with E-state index >= 15 is 0 Å². The van der Waals surface area contributed by atoms with Crippen molar-refractivity contribution in [2.75, 3.05) is 6.61 Å². The number of nitrogens with one attached hydrogen (secondary N) is 1. The van der Waals surface area contributed by atoms with Crippen LogP contribution in [0, 0.1) is 0 Å². The molecular weight excluding hydrogens is 521 g/mol. The number of amides is 1. The van der Waals surface area contributed by atoms with Crippen LogP contribution in [0.2, 0.25) is 10.0 Å². The Morgan fingerprint density at radius 1 is 1.05 bits per heavy atom. The first kappa shape index (κ1) is 29.9. The summed E-state index contributed by atoms with van der Waals surface area (Å²) in [5.41, 5.74) is 1.95. The number of imidazole rings is 1. The monoisotopic (exact) mass is 559 g/mol. The number of nitrogens with zero attached hydrogens (tertiary/aromatic N) is 2. The van der Waals surface area contributed by atoms with Crippen LogP contribution in [0.15, 0.2) is 48.7 Å². The molecule has 6 nitrogen and oxygen atoms in total. The summed E-state index contributed by atoms with van der Waals surface area (Å²) >= 11 is 12.6. The number of rotatable bonds is 12. The van der Waals surface area contributed by atoms with E-state index in [1.807, 2.05) is 57.3 Å². The highest BCUT2D eigenvalue weighted by Gasteiger charge is 2.25. The van der Waals surface area contributed by atoms with E-state index < -0.39 is 17.7 Å². The molecule has 1 heterocycles. The first-order valence-electron chi connectivity index (χ1n) is 13.3. The Bertz CT molecular complexity index is 1190. The molecule has 0 aliphatic heterocycles. The van der Waals surface area contributed by atoms with Crippen LogP contribution in [0.1, 0.15) is 77.7 Å². The lowest BCUT2D eigenvalue weighted by molar-refractivity contribution is 0.0500. The molecule has 0 bridgehead atoms. The Hall–Kier alpha value is -2.70. The fourth-order valence-electron chi connectivity index (χ4n) is 3.99. The number of aryl methyl sites for hydroxylation is 1. The van der Waals surface area contributed by atoms with Crippen molar-refractivity contribution < 1.29 is 14.3 Å². The largest absolute Gasteiger partial charge is 0.494 e. The molecule has 3 aromatic rings. The predicted octanol–water partition coefficient (Wildman–Crippen LogP) is 8.64. The highest BCUT2D eigenvalue weighted by molar-refractivity contribution is 6.36. The molecule has 0 spiro atoms. The van der Waals surface area contributed by atoms with Crippen LogP contribution in [-0.4, -0.2) is 27.9 Å². The lowest BCUT2D eigenvalue weighted by Gasteiger charge is -2.24. The Balaban J connectivity index is 1.96. The molecule has 0 saturated carbocycles. The van der Waals surface area contributed by atoms with Crippen LogP contribution in [0.4, 0.5) is 4.79 Å². The molecule has 206 valence electrons. The van der Waals surface area contributed by atoms with Crippen LogP contribution < -0.4 is 10.1 Å². The number of unbranched alkanes of at least 4 members (excludes halogenated alkanes) is 2. The van der Waals surface area contributed by atoms with Crippen molar-refractivity contribution in [1.82, 2.24) is 14.9 Å². The average molecular weight is 561 g/mol. The summed E-state index contributed by atoms with van der Waals surface area (Å²) in [6.45, 7) is 11.3. The van der Waals surface area contributed by atoms with E-state index in [-0.39, 0.29) is 0 Å². The van der Waals surface area contributed by atoms with Crippen molar-refractivity contribution in [3.05, 3.63) is 70.1 Å². The molecule has 1 amide bonds. The summed E-state index contributed by atoms with van der Waals surface area (Å²) in [6.07, 6.45) is 6.14. The zero-order valence-electron chi connectivity index (χ0n) is 23.0. The summed E-state index contributed by atoms with van der Waals surface area (Å²) in [5, 5.41) is 4.16. The van der Waals surface area contributed by atoms with E-state index in [0.29, 0.717) is 23.1 Å². The van der Waals surface area contributed by atoms with Gasteiger partial charge in [0.15, 0.2) is 0 Å². The summed E-state index contributed by atoms with van der Waals surface area (Å²) in [7, 11) is 0. The third kappa shape index (κ3) is 8.95. The number of carbonyl (C=O) groups excluding carboxylic acids is 1. The molecule has 0 saturated heterocycles. The summed E-state index contributed by atoms with van der Waals surface area (Å²) in [6, 6.07) is 13.0. The summed E-state index contributed by atoms with van der Waals surface area (Å²) in [5.74, 6) is 1.58. The zero-order chi connectivity index (χ0) is 27.7. The predicted molar refractivity (Wildman–Crippen MR) is 155 cm³/mol. The fourth-order valence-corrected chi connectivity index (χ4v) is 4.50. The van der Waals surface area contributed by atoms with Gasteiger partial charge in [0, 0.05) is 29.7 Å². The van der Waals surface area contributed by atoms with Crippen LogP contribution in [-0.2, 0) is 17.7 Å². The van der Waals surface area contributed by atoms with Crippen molar-refractivity contribution in [2.45, 2.75) is 84.9 Å². The minimum atomic E-state index is -0.619. The highest BCUT2D eigenvalue weighted by Crippen LogP contribution is 2.32. The van der Waals surface area contributed by atoms with E-state index in [4.69, 9.17) is 37.7 Å². The van der Waals surface area contributed by atoms with Crippen molar-refractivity contribution in [3.63, 3.8) is 0 Å². The topological polar surface area (TPSA) is 65.4 Å². The van der Waals surface area contributed by atoms with Crippen LogP contribution >= 0.6 is 23.2 Å². The Kier molecular flexibility index (Phi) is 10.9. The molecule has 1 N–H and O–H groups in total. The van der Waals surface area contributed by atoms with Crippen LogP contribution in [0.25, 0.3) is 11.3 Å². The lowest BCUT2D eigenvalue weighted by Crippen LogP contribution is -2.36. The third-order valence-corrected chi connectivity index (χ3v) is 6.45. The van der Waals surface area contributed by atoms with Gasteiger partial charge >= 0.3 is 6.09 Å². The first-order chi connectivity index (χ1) is 18.1. The van der Waals surface area contributed by atoms with Crippen LogP contribution in [0.3, 0.4) is 0 Å². The molecule has 0 radical (unpaired) electrons. The second-order valence-corrected chi connectivity index (χ2v) is 11.2. The van der Waals surface area contributed by atoms with Gasteiger partial charge in [-0.2, -0.15) is 0 Å². The van der Waals surface area contributed by atoms with Gasteiger partial charge in [0.1, 0.15) is 17.2 Å². The van der Waals surface area contributed by atoms with E-state index in [0.717, 1.165) is 60.6 Å². The van der Waals surface area contributed by atoms with E-state index in [9.17, 15) is 4.79 Å². The quantitative estimate of drug-likeness (QED) is 0.225. The highest BCUT2D eigenvalue weighted by atomic mass is 35.5. The number of halogens is 2. The number of alkyl carbamates (subject to hydrolysis) is 1. The number of ether oxygens (including phenoxy) is 2. The standard InChI is InChI=1S/C30H39Cl2N3O3/c1-6-8-16-35-20-27(24-15-12-22(31)19-25(24)32)33-28(35)26(34-29(36)38-30(3,4)5)18-21-10-13-23(14-11-21)37-17-9-7-2/h10-15,19-20,26H,6-9,16-18H2,1-5H3,(H,34,36)/t26-/m0/s1. The van der Waals surface area contributed by atoms with Crippen molar-refractivity contribution in [2.24, 2.45) is 0 Å². The maximum absolute atomic E-state index is 12.9. The normalized spacial score (nSPS) is 12.3. The SMILES string of the molecule is CCCCOc1ccc(C[C@H](NC(=O)OC(C)(C)C)c2nc(-c3ccc(Cl)cc3Cl)cn2CCCC)cc1. The summed E-state index contributed by atoms with van der Waals surface area (Å²) < 4.78 is 13.5. The van der Waals surface area contributed by atoms with Gasteiger partial charge in [0.2, 0.25) is 0 Å². The van der Waals surface area contributed by atoms with E-state index in [1.165, 1.54) is 0 Å². The Morgan fingerprint density at radius 2 is 1.76 bits per heavy atom. The molecule has 0 unspecified atom stereocenters. The van der Waals surface area contributed by atoms with E-state index in [2.05, 4.69) is 23.7 Å². The first-order valence-corrected chi connectivity index (χ1v) is 14.1. The fraction of sp³-hybridized carbons (Fsp3) is 0.467.